The summed E-state index contributed by atoms with van der Waals surface area (Å²) >= 11 is -1.86. The number of hydrogen-bond donors (Lipinski definition) is 0. The van der Waals surface area contributed by atoms with Crippen LogP contribution in [-0.2, 0) is 32.9 Å². The monoisotopic (exact) mass is 865 g/mol. The standard InChI is InChI=1S/C23H19FNO.C18H24GeN.Ir/c24-20-7-3-6-18-19-14-17(8-9-22(19)26-23(18)20)21-13-16(10-11-25-21)12-15-4-1-2-5-15;1-14(2)11-16-12-18(15-9-7-6-8-10-15)20-13-17(16)19(3,4)5;/h3,6-7,9-11,13-15H,1-2,4-5,12H2;6-9,12-14H,11H2,1-5H3;/q2*-1;. The average molecular weight is 864 g/mol. The van der Waals surface area contributed by atoms with Crippen LogP contribution in [0.4, 0.5) is 4.39 Å². The molecule has 3 heterocycles. The van der Waals surface area contributed by atoms with Gasteiger partial charge in [-0.05, 0) is 30.2 Å². The maximum Gasteiger partial charge on any atom is 0.165 e. The van der Waals surface area contributed by atoms with Crippen molar-refractivity contribution in [3.05, 3.63) is 114 Å². The van der Waals surface area contributed by atoms with Gasteiger partial charge in [0.25, 0.3) is 0 Å². The van der Waals surface area contributed by atoms with E-state index in [-0.39, 0.29) is 25.9 Å². The summed E-state index contributed by atoms with van der Waals surface area (Å²) in [4.78, 5) is 9.24. The van der Waals surface area contributed by atoms with Gasteiger partial charge in [-0.3, -0.25) is 0 Å². The molecule has 245 valence electrons. The fourth-order valence-electron chi connectivity index (χ4n) is 6.63. The van der Waals surface area contributed by atoms with Crippen LogP contribution in [0, 0.1) is 29.8 Å². The summed E-state index contributed by atoms with van der Waals surface area (Å²) < 4.78 is 21.2. The average Bonchev–Trinajstić information content (AvgIpc) is 3.69. The van der Waals surface area contributed by atoms with Crippen LogP contribution in [-0.4, -0.2) is 23.2 Å². The molecule has 1 radical (unpaired) electrons. The normalized spacial score (nSPS) is 13.5. The second-order valence-corrected chi connectivity index (χ2v) is 24.7. The minimum absolute atomic E-state index is 0. The molecule has 3 aromatic heterocycles. The Kier molecular flexibility index (Phi) is 11.5. The molecule has 0 spiro atoms. The van der Waals surface area contributed by atoms with Crippen molar-refractivity contribution >= 4 is 39.6 Å². The number of hydrogen-bond acceptors (Lipinski definition) is 3. The van der Waals surface area contributed by atoms with Crippen molar-refractivity contribution < 1.29 is 28.9 Å². The van der Waals surface area contributed by atoms with Crippen LogP contribution in [0.3, 0.4) is 0 Å². The predicted octanol–water partition coefficient (Wildman–Crippen LogP) is 10.6. The van der Waals surface area contributed by atoms with E-state index >= 15 is 0 Å². The smallest absolute Gasteiger partial charge is 0.165 e. The number of aromatic nitrogens is 2. The Morgan fingerprint density at radius 1 is 0.894 bits per heavy atom. The summed E-state index contributed by atoms with van der Waals surface area (Å²) in [5.41, 5.74) is 7.74. The first kappa shape index (κ1) is 35.2. The van der Waals surface area contributed by atoms with Gasteiger partial charge in [-0.25, -0.2) is 4.39 Å². The topological polar surface area (TPSA) is 38.9 Å². The van der Waals surface area contributed by atoms with E-state index in [1.54, 1.807) is 16.5 Å². The SMILES string of the molecule is CC(C)Cc1cc(-c2[c-]cccc2)nc[c]1[Ge]([CH3])([CH3])[CH3].Fc1cccc2c1oc1c[c-]c(-c3cc(CC4CCCC4)ccn3)cc12.[Ir]. The van der Waals surface area contributed by atoms with Crippen LogP contribution in [0.5, 0.6) is 0 Å². The molecule has 1 aliphatic carbocycles. The van der Waals surface area contributed by atoms with Crippen molar-refractivity contribution in [2.24, 2.45) is 11.8 Å². The minimum Gasteiger partial charge on any atom is -0.497 e. The van der Waals surface area contributed by atoms with Crippen molar-refractivity contribution in [1.82, 2.24) is 9.97 Å². The van der Waals surface area contributed by atoms with Crippen LogP contribution in [0.1, 0.15) is 50.7 Å². The van der Waals surface area contributed by atoms with Crippen molar-refractivity contribution in [3.8, 4) is 22.5 Å². The molecule has 0 saturated heterocycles. The second kappa shape index (κ2) is 15.4. The van der Waals surface area contributed by atoms with Gasteiger partial charge in [0.1, 0.15) is 0 Å². The van der Waals surface area contributed by atoms with Crippen LogP contribution >= 0.6 is 0 Å². The van der Waals surface area contributed by atoms with Gasteiger partial charge in [0.15, 0.2) is 11.4 Å². The zero-order valence-electron chi connectivity index (χ0n) is 28.0. The number of nitrogens with zero attached hydrogens (tertiary/aromatic N) is 2. The van der Waals surface area contributed by atoms with Crippen molar-refractivity contribution in [2.45, 2.75) is 69.6 Å². The van der Waals surface area contributed by atoms with Crippen LogP contribution < -0.4 is 4.40 Å². The van der Waals surface area contributed by atoms with Crippen LogP contribution in [0.25, 0.3) is 44.5 Å². The van der Waals surface area contributed by atoms with Crippen molar-refractivity contribution in [1.29, 1.82) is 0 Å². The number of pyridine rings is 2. The van der Waals surface area contributed by atoms with E-state index in [4.69, 9.17) is 9.40 Å². The molecule has 1 aliphatic rings. The van der Waals surface area contributed by atoms with Gasteiger partial charge in [0, 0.05) is 31.7 Å². The van der Waals surface area contributed by atoms with Crippen LogP contribution in [0.2, 0.25) is 17.3 Å². The maximum atomic E-state index is 14.0. The summed E-state index contributed by atoms with van der Waals surface area (Å²) in [7, 11) is 0. The molecule has 7 rings (SSSR count). The number of benzene rings is 3. The molecule has 0 N–H and O–H groups in total. The molecular weight excluding hydrogens is 820 g/mol. The van der Waals surface area contributed by atoms with E-state index < -0.39 is 13.3 Å². The number of fused-ring (bicyclic) bond motifs is 3. The molecule has 1 fully saturated rings. The third-order valence-corrected chi connectivity index (χ3v) is 13.2. The second-order valence-electron chi connectivity index (χ2n) is 14.1. The van der Waals surface area contributed by atoms with Gasteiger partial charge in [0.05, 0.1) is 5.58 Å². The first-order valence-corrected chi connectivity index (χ1v) is 23.9. The van der Waals surface area contributed by atoms with Gasteiger partial charge < -0.3 is 9.40 Å². The summed E-state index contributed by atoms with van der Waals surface area (Å²) in [5, 5.41) is 1.69. The fraction of sp³-hybridized carbons (Fsp3) is 0.317. The zero-order valence-corrected chi connectivity index (χ0v) is 32.5. The summed E-state index contributed by atoms with van der Waals surface area (Å²) in [6, 6.07) is 30.0. The first-order chi connectivity index (χ1) is 22.2. The molecular formula is C41H43FGeIrN2O-2. The Morgan fingerprint density at radius 2 is 1.68 bits per heavy atom. The molecule has 3 aromatic carbocycles. The van der Waals surface area contributed by atoms with Gasteiger partial charge in [-0.2, -0.15) is 0 Å². The summed E-state index contributed by atoms with van der Waals surface area (Å²) in [5.74, 6) is 8.46. The molecule has 0 bridgehead atoms. The largest absolute Gasteiger partial charge is 0.497 e. The predicted molar refractivity (Wildman–Crippen MR) is 191 cm³/mol. The minimum atomic E-state index is -1.86. The van der Waals surface area contributed by atoms with E-state index in [2.05, 4.69) is 78.7 Å². The number of para-hydroxylation sites is 1. The van der Waals surface area contributed by atoms with Crippen LogP contribution in [0.15, 0.2) is 89.6 Å². The molecule has 6 heteroatoms. The van der Waals surface area contributed by atoms with E-state index in [9.17, 15) is 4.39 Å². The van der Waals surface area contributed by atoms with Crippen molar-refractivity contribution in [2.75, 3.05) is 0 Å². The van der Waals surface area contributed by atoms with Gasteiger partial charge in [-0.15, -0.1) is 23.8 Å². The maximum absolute atomic E-state index is 14.0. The third-order valence-electron chi connectivity index (χ3n) is 8.89. The molecule has 1 saturated carbocycles. The quantitative estimate of drug-likeness (QED) is 0.119. The Labute approximate surface area is 295 Å². The molecule has 47 heavy (non-hydrogen) atoms. The van der Waals surface area contributed by atoms with Gasteiger partial charge in [0.2, 0.25) is 0 Å². The van der Waals surface area contributed by atoms with E-state index in [0.29, 0.717) is 17.1 Å². The molecule has 6 aromatic rings. The molecule has 0 amide bonds. The summed E-state index contributed by atoms with van der Waals surface area (Å²) in [6.45, 7) is 4.57. The Hall–Kier alpha value is -3.12. The molecule has 0 aliphatic heterocycles. The first-order valence-electron chi connectivity index (χ1n) is 16.6. The Balaban J connectivity index is 0.000000188. The van der Waals surface area contributed by atoms with Crippen molar-refractivity contribution in [3.63, 3.8) is 0 Å². The van der Waals surface area contributed by atoms with E-state index in [0.717, 1.165) is 52.0 Å². The zero-order chi connectivity index (χ0) is 32.3. The van der Waals surface area contributed by atoms with Gasteiger partial charge in [-0.1, -0.05) is 54.8 Å². The molecule has 3 nitrogen and oxygen atoms in total. The number of furan rings is 1. The Bertz CT molecular complexity index is 1940. The van der Waals surface area contributed by atoms with Gasteiger partial charge >= 0.3 is 126 Å². The third kappa shape index (κ3) is 8.49. The number of halogens is 1. The molecule has 0 unspecified atom stereocenters. The Morgan fingerprint density at radius 3 is 2.40 bits per heavy atom. The molecule has 0 atom stereocenters. The fourth-order valence-corrected chi connectivity index (χ4v) is 9.97. The summed E-state index contributed by atoms with van der Waals surface area (Å²) in [6.07, 6.45) is 11.7. The van der Waals surface area contributed by atoms with E-state index in [1.807, 2.05) is 36.5 Å². The number of rotatable bonds is 7. The van der Waals surface area contributed by atoms with E-state index in [1.165, 1.54) is 42.9 Å².